The molecule has 3 aromatic carbocycles. The maximum atomic E-state index is 10.4. The van der Waals surface area contributed by atoms with Gasteiger partial charge in [0.1, 0.15) is 34.9 Å². The van der Waals surface area contributed by atoms with Gasteiger partial charge in [0.25, 0.3) is 0 Å². The summed E-state index contributed by atoms with van der Waals surface area (Å²) in [5.41, 5.74) is -0.377. The summed E-state index contributed by atoms with van der Waals surface area (Å²) in [6.45, 7) is -0.523. The molecule has 8 heteroatoms. The molecule has 0 radical (unpaired) electrons. The van der Waals surface area contributed by atoms with Gasteiger partial charge in [-0.25, -0.2) is 0 Å². The van der Waals surface area contributed by atoms with Gasteiger partial charge in [-0.15, -0.1) is 0 Å². The maximum absolute atomic E-state index is 10.4. The van der Waals surface area contributed by atoms with Crippen LogP contribution in [0.5, 0.6) is 0 Å². The van der Waals surface area contributed by atoms with Crippen LogP contribution in [0.25, 0.3) is 21.5 Å². The van der Waals surface area contributed by atoms with Crippen molar-refractivity contribution in [1.82, 2.24) is 0 Å². The largest absolute Gasteiger partial charge is 0.410 e. The predicted octanol–water partition coefficient (Wildman–Crippen LogP) is 1.66. The molecule has 5 N–H and O–H groups in total. The number of fused-ring (bicyclic) bond motifs is 2. The number of rotatable bonds is 3. The van der Waals surface area contributed by atoms with Crippen LogP contribution in [-0.2, 0) is 4.74 Å². The molecule has 1 saturated heterocycles. The van der Waals surface area contributed by atoms with Gasteiger partial charge in [0, 0.05) is 5.56 Å². The van der Waals surface area contributed by atoms with Crippen LogP contribution < -0.4 is 0 Å². The monoisotopic (exact) mass is 415 g/mol. The highest BCUT2D eigenvalue weighted by molar-refractivity contribution is 8.14. The zero-order valence-corrected chi connectivity index (χ0v) is 16.1. The lowest BCUT2D eigenvalue weighted by Crippen LogP contribution is -2.57. The maximum Gasteiger partial charge on any atom is 0.146 e. The number of hydrogen-bond acceptors (Lipinski definition) is 8. The second kappa shape index (κ2) is 8.27. The van der Waals surface area contributed by atoms with E-state index in [-0.39, 0.29) is 5.04 Å². The Hall–Kier alpha value is -2.20. The smallest absolute Gasteiger partial charge is 0.146 e. The summed E-state index contributed by atoms with van der Waals surface area (Å²) in [5.74, 6) is 0. The van der Waals surface area contributed by atoms with Crippen molar-refractivity contribution in [2.45, 2.75) is 29.9 Å². The minimum Gasteiger partial charge on any atom is -0.410 e. The zero-order valence-electron chi connectivity index (χ0n) is 15.3. The fraction of sp³-hybridized carbons (Fsp3) is 0.286. The van der Waals surface area contributed by atoms with Gasteiger partial charge < -0.3 is 30.4 Å². The lowest BCUT2D eigenvalue weighted by molar-refractivity contribution is -0.205. The van der Waals surface area contributed by atoms with E-state index in [0.717, 1.165) is 33.3 Å². The van der Waals surface area contributed by atoms with Crippen molar-refractivity contribution in [2.75, 3.05) is 6.61 Å². The molecule has 1 aliphatic heterocycles. The molecule has 0 bridgehead atoms. The molecule has 29 heavy (non-hydrogen) atoms. The summed E-state index contributed by atoms with van der Waals surface area (Å²) in [4.78, 5) is 0. The van der Waals surface area contributed by atoms with E-state index in [4.69, 9.17) is 4.74 Å². The Morgan fingerprint density at radius 2 is 1.48 bits per heavy atom. The van der Waals surface area contributed by atoms with Crippen LogP contribution in [0, 0.1) is 0 Å². The number of benzene rings is 3. The molecular weight excluding hydrogens is 394 g/mol. The molecule has 0 spiro atoms. The Morgan fingerprint density at radius 1 is 0.897 bits per heavy atom. The van der Waals surface area contributed by atoms with Gasteiger partial charge in [-0.05, 0) is 27.6 Å². The van der Waals surface area contributed by atoms with Crippen LogP contribution in [-0.4, -0.2) is 67.1 Å². The first-order chi connectivity index (χ1) is 14.0. The van der Waals surface area contributed by atoms with Crippen molar-refractivity contribution in [2.24, 2.45) is 5.16 Å². The van der Waals surface area contributed by atoms with Gasteiger partial charge in [0.2, 0.25) is 0 Å². The number of aliphatic hydroxyl groups excluding tert-OH is 4. The van der Waals surface area contributed by atoms with Gasteiger partial charge in [-0.1, -0.05) is 65.4 Å². The first-order valence-corrected chi connectivity index (χ1v) is 10.0. The Morgan fingerprint density at radius 3 is 2.03 bits per heavy atom. The molecule has 152 valence electrons. The Kier molecular flexibility index (Phi) is 5.73. The number of aliphatic hydroxyl groups is 4. The summed E-state index contributed by atoms with van der Waals surface area (Å²) in [5, 5.41) is 56.9. The van der Waals surface area contributed by atoms with Crippen LogP contribution in [0.4, 0.5) is 0 Å². The van der Waals surface area contributed by atoms with Gasteiger partial charge in [0.05, 0.1) is 6.61 Å². The summed E-state index contributed by atoms with van der Waals surface area (Å²) < 4.78 is 5.57. The molecule has 4 rings (SSSR count). The summed E-state index contributed by atoms with van der Waals surface area (Å²) >= 11 is 0.927. The van der Waals surface area contributed by atoms with E-state index in [9.17, 15) is 25.6 Å². The van der Waals surface area contributed by atoms with Gasteiger partial charge in [-0.3, -0.25) is 0 Å². The highest BCUT2D eigenvalue weighted by atomic mass is 32.2. The number of thioether (sulfide) groups is 1. The van der Waals surface area contributed by atoms with E-state index in [0.29, 0.717) is 5.56 Å². The van der Waals surface area contributed by atoms with E-state index >= 15 is 0 Å². The van der Waals surface area contributed by atoms with E-state index < -0.39 is 36.5 Å². The number of ether oxygens (including phenoxy) is 1. The fourth-order valence-corrected chi connectivity index (χ4v) is 4.76. The number of nitrogens with zero attached hydrogens (tertiary/aromatic N) is 1. The van der Waals surface area contributed by atoms with E-state index in [2.05, 4.69) is 5.16 Å². The zero-order chi connectivity index (χ0) is 20.5. The Labute approximate surface area is 170 Å². The van der Waals surface area contributed by atoms with E-state index in [1.807, 2.05) is 54.6 Å². The lowest BCUT2D eigenvalue weighted by Gasteiger charge is -2.39. The molecule has 0 saturated carbocycles. The molecular formula is C21H21NO6S. The van der Waals surface area contributed by atoms with Crippen LogP contribution >= 0.6 is 11.8 Å². The summed E-state index contributed by atoms with van der Waals surface area (Å²) in [7, 11) is 0. The number of oxime groups is 1. The second-order valence-corrected chi connectivity index (χ2v) is 8.00. The third kappa shape index (κ3) is 3.59. The van der Waals surface area contributed by atoms with Gasteiger partial charge in [-0.2, -0.15) is 0 Å². The Balaban J connectivity index is 1.79. The lowest BCUT2D eigenvalue weighted by atomic mass is 9.97. The SMILES string of the molecule is OC[C@H]1O[C@@H](S/C(=N/O)c2c3ccccc3cc3ccccc23)[C@H](O)[C@@H](O)[C@@H]1O. The Bertz CT molecular complexity index is 1000. The van der Waals surface area contributed by atoms with Crippen LogP contribution in [0.15, 0.2) is 59.8 Å². The number of hydrogen-bond donors (Lipinski definition) is 5. The third-order valence-corrected chi connectivity index (χ3v) is 6.28. The molecule has 3 aromatic rings. The molecule has 0 aliphatic carbocycles. The molecule has 5 atom stereocenters. The average molecular weight is 415 g/mol. The fourth-order valence-electron chi connectivity index (χ4n) is 3.65. The van der Waals surface area contributed by atoms with Gasteiger partial charge >= 0.3 is 0 Å². The van der Waals surface area contributed by atoms with Gasteiger partial charge in [0.15, 0.2) is 0 Å². The molecule has 1 heterocycles. The minimum absolute atomic E-state index is 0.197. The first kappa shape index (κ1) is 20.1. The van der Waals surface area contributed by atoms with Crippen molar-refractivity contribution < 1.29 is 30.4 Å². The molecule has 0 unspecified atom stereocenters. The second-order valence-electron chi connectivity index (χ2n) is 6.91. The van der Waals surface area contributed by atoms with Crippen molar-refractivity contribution in [1.29, 1.82) is 0 Å². The molecule has 1 fully saturated rings. The quantitative estimate of drug-likeness (QED) is 0.145. The molecule has 0 amide bonds. The summed E-state index contributed by atoms with van der Waals surface area (Å²) in [6.07, 6.45) is -5.41. The standard InChI is InChI=1S/C21H21NO6S/c23-10-15-17(24)18(25)19(26)21(28-15)29-20(22-27)16-13-7-3-1-5-11(13)9-12-6-2-4-8-14(12)16/h1-9,15,17-19,21,23-27H,10H2/b22-20+/t15-,17-,18+,19-,21+/m1/s1. The van der Waals surface area contributed by atoms with Crippen molar-refractivity contribution in [3.05, 3.63) is 60.2 Å². The van der Waals surface area contributed by atoms with Crippen molar-refractivity contribution in [3.8, 4) is 0 Å². The molecule has 0 aromatic heterocycles. The molecule has 1 aliphatic rings. The first-order valence-electron chi connectivity index (χ1n) is 9.15. The third-order valence-electron chi connectivity index (χ3n) is 5.15. The highest BCUT2D eigenvalue weighted by Gasteiger charge is 2.44. The van der Waals surface area contributed by atoms with E-state index in [1.54, 1.807) is 0 Å². The van der Waals surface area contributed by atoms with Crippen molar-refractivity contribution in [3.63, 3.8) is 0 Å². The summed E-state index contributed by atoms with van der Waals surface area (Å²) in [6, 6.07) is 17.4. The van der Waals surface area contributed by atoms with Crippen LogP contribution in [0.3, 0.4) is 0 Å². The van der Waals surface area contributed by atoms with Crippen LogP contribution in [0.2, 0.25) is 0 Å². The van der Waals surface area contributed by atoms with Crippen LogP contribution in [0.1, 0.15) is 5.56 Å². The van der Waals surface area contributed by atoms with E-state index in [1.165, 1.54) is 0 Å². The minimum atomic E-state index is -1.50. The predicted molar refractivity (Wildman–Crippen MR) is 111 cm³/mol. The average Bonchev–Trinajstić information content (AvgIpc) is 2.76. The topological polar surface area (TPSA) is 123 Å². The normalized spacial score (nSPS) is 28.1. The highest BCUT2D eigenvalue weighted by Crippen LogP contribution is 2.36. The molecule has 7 nitrogen and oxygen atoms in total. The van der Waals surface area contributed by atoms with Crippen molar-refractivity contribution >= 4 is 38.4 Å².